The van der Waals surface area contributed by atoms with Crippen LogP contribution in [-0.4, -0.2) is 47.9 Å². The maximum absolute atomic E-state index is 14.0. The monoisotopic (exact) mass is 452 g/mol. The second-order valence-electron chi connectivity index (χ2n) is 9.65. The third-order valence-corrected chi connectivity index (χ3v) is 7.67. The first-order valence-electron chi connectivity index (χ1n) is 11.3. The van der Waals surface area contributed by atoms with Crippen LogP contribution in [0.25, 0.3) is 10.1 Å². The molecule has 0 radical (unpaired) electrons. The van der Waals surface area contributed by atoms with Crippen LogP contribution in [-0.2, 0) is 16.6 Å². The lowest BCUT2D eigenvalue weighted by Crippen LogP contribution is -2.47. The van der Waals surface area contributed by atoms with E-state index in [2.05, 4.69) is 52.4 Å². The summed E-state index contributed by atoms with van der Waals surface area (Å²) in [5.41, 5.74) is 4.58. The van der Waals surface area contributed by atoms with Gasteiger partial charge in [-0.15, -0.1) is 0 Å². The van der Waals surface area contributed by atoms with Crippen molar-refractivity contribution in [1.29, 1.82) is 0 Å². The topological polar surface area (TPSA) is 48.5 Å². The highest BCUT2D eigenvalue weighted by Gasteiger charge is 2.33. The van der Waals surface area contributed by atoms with Crippen LogP contribution >= 0.6 is 11.5 Å². The number of hydrogen-bond donors (Lipinski definition) is 1. The van der Waals surface area contributed by atoms with Crippen molar-refractivity contribution in [2.75, 3.05) is 42.9 Å². The van der Waals surface area contributed by atoms with Crippen molar-refractivity contribution in [2.45, 2.75) is 39.0 Å². The van der Waals surface area contributed by atoms with Crippen molar-refractivity contribution < 1.29 is 9.18 Å². The van der Waals surface area contributed by atoms with Gasteiger partial charge in [0.1, 0.15) is 11.6 Å². The van der Waals surface area contributed by atoms with Crippen molar-refractivity contribution in [3.05, 3.63) is 52.8 Å². The van der Waals surface area contributed by atoms with E-state index in [-0.39, 0.29) is 17.1 Å². The first kappa shape index (κ1) is 21.3. The number of fused-ring (bicyclic) bond motifs is 2. The molecule has 3 aromatic rings. The van der Waals surface area contributed by atoms with E-state index in [1.807, 2.05) is 6.07 Å². The molecule has 0 bridgehead atoms. The van der Waals surface area contributed by atoms with Crippen LogP contribution in [0.4, 0.5) is 15.9 Å². The summed E-state index contributed by atoms with van der Waals surface area (Å²) in [5, 5.41) is 3.99. The van der Waals surface area contributed by atoms with E-state index < -0.39 is 0 Å². The zero-order valence-corrected chi connectivity index (χ0v) is 19.7. The number of anilines is 2. The van der Waals surface area contributed by atoms with E-state index in [1.165, 1.54) is 28.7 Å². The third-order valence-electron chi connectivity index (χ3n) is 6.81. The van der Waals surface area contributed by atoms with E-state index in [9.17, 15) is 9.18 Å². The van der Waals surface area contributed by atoms with Gasteiger partial charge in [0.25, 0.3) is 0 Å². The number of hydrogen-bond acceptors (Lipinski definition) is 5. The molecule has 2 aromatic carbocycles. The molecule has 1 N–H and O–H groups in total. The van der Waals surface area contributed by atoms with E-state index in [4.69, 9.17) is 0 Å². The summed E-state index contributed by atoms with van der Waals surface area (Å²) in [6.45, 7) is 11.1. The van der Waals surface area contributed by atoms with Crippen LogP contribution < -0.4 is 10.2 Å². The SMILES string of the molecule is Cc1cc(CCN2CCN(c3nsc4c(F)cccc34)CC2)cc2c1NC(=O)CC2(C)C. The maximum Gasteiger partial charge on any atom is 0.225 e. The molecule has 2 aliphatic heterocycles. The summed E-state index contributed by atoms with van der Waals surface area (Å²) in [5.74, 6) is 0.832. The highest BCUT2D eigenvalue weighted by atomic mass is 32.1. The van der Waals surface area contributed by atoms with Crippen molar-refractivity contribution in [1.82, 2.24) is 9.27 Å². The fourth-order valence-corrected chi connectivity index (χ4v) is 5.80. The Labute approximate surface area is 192 Å². The summed E-state index contributed by atoms with van der Waals surface area (Å²) in [6, 6.07) is 9.73. The number of halogens is 1. The molecular weight excluding hydrogens is 423 g/mol. The Morgan fingerprint density at radius 3 is 2.75 bits per heavy atom. The van der Waals surface area contributed by atoms with Crippen LogP contribution in [0.1, 0.15) is 37.0 Å². The number of nitrogens with zero attached hydrogens (tertiary/aromatic N) is 3. The molecule has 0 atom stereocenters. The Bertz CT molecular complexity index is 1180. The first-order chi connectivity index (χ1) is 15.3. The van der Waals surface area contributed by atoms with E-state index in [0.29, 0.717) is 11.1 Å². The van der Waals surface area contributed by atoms with Gasteiger partial charge in [0, 0.05) is 55.6 Å². The van der Waals surface area contributed by atoms with Gasteiger partial charge in [-0.3, -0.25) is 9.69 Å². The fourth-order valence-electron chi connectivity index (χ4n) is 5.00. The lowest BCUT2D eigenvalue weighted by Gasteiger charge is -2.35. The summed E-state index contributed by atoms with van der Waals surface area (Å²) in [7, 11) is 0. The molecule has 1 fully saturated rings. The van der Waals surface area contributed by atoms with Gasteiger partial charge >= 0.3 is 0 Å². The smallest absolute Gasteiger partial charge is 0.225 e. The van der Waals surface area contributed by atoms with Crippen molar-refractivity contribution in [3.63, 3.8) is 0 Å². The van der Waals surface area contributed by atoms with Crippen LogP contribution in [0.15, 0.2) is 30.3 Å². The van der Waals surface area contributed by atoms with E-state index in [0.717, 1.165) is 61.6 Å². The van der Waals surface area contributed by atoms with Crippen molar-refractivity contribution in [3.8, 4) is 0 Å². The van der Waals surface area contributed by atoms with Crippen LogP contribution in [0.5, 0.6) is 0 Å². The van der Waals surface area contributed by atoms with Gasteiger partial charge in [-0.1, -0.05) is 32.0 Å². The standard InChI is InChI=1S/C25H29FN4OS/c1-16-13-17(14-19-22(16)27-21(31)15-25(19,2)3)7-8-29-9-11-30(12-10-29)24-18-5-4-6-20(26)23(18)32-28-24/h4-6,13-14H,7-12,15H2,1-3H3,(H,27,31). The lowest BCUT2D eigenvalue weighted by molar-refractivity contribution is -0.117. The molecule has 0 saturated carbocycles. The Morgan fingerprint density at radius 2 is 1.97 bits per heavy atom. The predicted molar refractivity (Wildman–Crippen MR) is 129 cm³/mol. The zero-order valence-electron chi connectivity index (χ0n) is 18.9. The number of rotatable bonds is 4. The highest BCUT2D eigenvalue weighted by molar-refractivity contribution is 7.13. The number of aromatic nitrogens is 1. The molecule has 0 spiro atoms. The third kappa shape index (κ3) is 3.88. The number of piperazine rings is 1. The summed E-state index contributed by atoms with van der Waals surface area (Å²) in [6.07, 6.45) is 1.52. The molecule has 1 amide bonds. The van der Waals surface area contributed by atoms with Gasteiger partial charge in [-0.25, -0.2) is 4.39 Å². The molecule has 0 aliphatic carbocycles. The molecule has 1 saturated heterocycles. The molecule has 1 aromatic heterocycles. The lowest BCUT2D eigenvalue weighted by atomic mass is 9.76. The van der Waals surface area contributed by atoms with Crippen LogP contribution in [0.3, 0.4) is 0 Å². The number of benzene rings is 2. The number of nitrogens with one attached hydrogen (secondary N) is 1. The predicted octanol–water partition coefficient (Wildman–Crippen LogP) is 4.73. The molecule has 2 aliphatic rings. The summed E-state index contributed by atoms with van der Waals surface area (Å²) >= 11 is 1.25. The summed E-state index contributed by atoms with van der Waals surface area (Å²) in [4.78, 5) is 16.8. The fraction of sp³-hybridized carbons (Fsp3) is 0.440. The quantitative estimate of drug-likeness (QED) is 0.622. The molecule has 5 nitrogen and oxygen atoms in total. The molecule has 3 heterocycles. The van der Waals surface area contributed by atoms with Gasteiger partial charge in [-0.2, -0.15) is 4.37 Å². The van der Waals surface area contributed by atoms with Gasteiger partial charge in [-0.05, 0) is 53.7 Å². The largest absolute Gasteiger partial charge is 0.353 e. The van der Waals surface area contributed by atoms with Crippen LogP contribution in [0, 0.1) is 12.7 Å². The number of carbonyl (C=O) groups is 1. The Morgan fingerprint density at radius 1 is 1.19 bits per heavy atom. The first-order valence-corrected chi connectivity index (χ1v) is 12.0. The van der Waals surface area contributed by atoms with Crippen molar-refractivity contribution in [2.24, 2.45) is 0 Å². The second kappa shape index (κ2) is 8.12. The minimum absolute atomic E-state index is 0.104. The number of amides is 1. The number of aryl methyl sites for hydroxylation is 1. The minimum Gasteiger partial charge on any atom is -0.353 e. The highest BCUT2D eigenvalue weighted by Crippen LogP contribution is 2.39. The molecular formula is C25H29FN4OS. The molecule has 168 valence electrons. The molecule has 5 rings (SSSR count). The molecule has 32 heavy (non-hydrogen) atoms. The zero-order chi connectivity index (χ0) is 22.5. The second-order valence-corrected chi connectivity index (χ2v) is 10.4. The molecule has 0 unspecified atom stereocenters. The Kier molecular flexibility index (Phi) is 5.42. The van der Waals surface area contributed by atoms with Crippen molar-refractivity contribution >= 4 is 39.0 Å². The maximum atomic E-state index is 14.0. The van der Waals surface area contributed by atoms with Gasteiger partial charge in [0.2, 0.25) is 5.91 Å². The average Bonchev–Trinajstić information content (AvgIpc) is 3.18. The van der Waals surface area contributed by atoms with E-state index >= 15 is 0 Å². The Hall–Kier alpha value is -2.51. The Balaban J connectivity index is 1.23. The van der Waals surface area contributed by atoms with Gasteiger partial charge < -0.3 is 10.2 Å². The molecule has 7 heteroatoms. The number of carbonyl (C=O) groups excluding carboxylic acids is 1. The minimum atomic E-state index is -0.187. The van der Waals surface area contributed by atoms with Gasteiger partial charge in [0.15, 0.2) is 0 Å². The average molecular weight is 453 g/mol. The van der Waals surface area contributed by atoms with Crippen LogP contribution in [0.2, 0.25) is 0 Å². The van der Waals surface area contributed by atoms with Gasteiger partial charge in [0.05, 0.1) is 4.70 Å². The normalized spacial score (nSPS) is 18.6. The summed E-state index contributed by atoms with van der Waals surface area (Å²) < 4.78 is 19.2. The van der Waals surface area contributed by atoms with E-state index in [1.54, 1.807) is 6.07 Å².